The number of carbonyl (C=O) groups is 1. The summed E-state index contributed by atoms with van der Waals surface area (Å²) in [7, 11) is 0. The Labute approximate surface area is 87.0 Å². The van der Waals surface area contributed by atoms with Gasteiger partial charge in [0.05, 0.1) is 12.6 Å². The summed E-state index contributed by atoms with van der Waals surface area (Å²) in [5, 5.41) is 6.79. The predicted octanol–water partition coefficient (Wildman–Crippen LogP) is 0.671. The number of ether oxygens (including phenoxy) is 1. The minimum atomic E-state index is -0.537. The Bertz CT molecular complexity index is 344. The minimum absolute atomic E-state index is 0.000509. The van der Waals surface area contributed by atoms with Crippen LogP contribution in [0.1, 0.15) is 42.3 Å². The molecule has 1 aromatic heterocycles. The molecule has 15 heavy (non-hydrogen) atoms. The van der Waals surface area contributed by atoms with Crippen LogP contribution in [0.15, 0.2) is 4.52 Å². The highest BCUT2D eigenvalue weighted by Crippen LogP contribution is 2.21. The van der Waals surface area contributed by atoms with Crippen LogP contribution in [-0.2, 0) is 4.74 Å². The Balaban J connectivity index is 2.06. The molecule has 1 aliphatic rings. The van der Waals surface area contributed by atoms with E-state index in [-0.39, 0.29) is 11.9 Å². The highest BCUT2D eigenvalue weighted by molar-refractivity contribution is 5.84. The standard InChI is InChI=1S/C9H13N3O3/c1-2-14-9(13)7-11-8(15-12-7)6-4-3-5-10-6/h6,10H,2-5H2,1H3/t6-/m1/s1. The van der Waals surface area contributed by atoms with Crippen LogP contribution >= 0.6 is 0 Å². The Hall–Kier alpha value is -1.43. The van der Waals surface area contributed by atoms with Crippen molar-refractivity contribution >= 4 is 5.97 Å². The lowest BCUT2D eigenvalue weighted by Crippen LogP contribution is -2.13. The van der Waals surface area contributed by atoms with Crippen molar-refractivity contribution in [2.45, 2.75) is 25.8 Å². The van der Waals surface area contributed by atoms with Gasteiger partial charge in [-0.15, -0.1) is 0 Å². The zero-order valence-corrected chi connectivity index (χ0v) is 8.52. The lowest BCUT2D eigenvalue weighted by molar-refractivity contribution is 0.0508. The van der Waals surface area contributed by atoms with E-state index >= 15 is 0 Å². The summed E-state index contributed by atoms with van der Waals surface area (Å²) in [5.41, 5.74) is 0. The van der Waals surface area contributed by atoms with Gasteiger partial charge in [-0.3, -0.25) is 0 Å². The molecule has 6 heteroatoms. The Morgan fingerprint density at radius 2 is 2.60 bits per heavy atom. The van der Waals surface area contributed by atoms with Gasteiger partial charge in [0.15, 0.2) is 0 Å². The first-order chi connectivity index (χ1) is 7.31. The first-order valence-corrected chi connectivity index (χ1v) is 5.05. The maximum Gasteiger partial charge on any atom is 0.379 e. The summed E-state index contributed by atoms with van der Waals surface area (Å²) >= 11 is 0. The molecule has 0 spiro atoms. The molecule has 0 unspecified atom stereocenters. The van der Waals surface area contributed by atoms with Crippen LogP contribution in [-0.4, -0.2) is 29.3 Å². The molecule has 1 saturated heterocycles. The maximum absolute atomic E-state index is 11.2. The molecule has 82 valence electrons. The first kappa shape index (κ1) is 10.1. The second kappa shape index (κ2) is 4.39. The first-order valence-electron chi connectivity index (χ1n) is 5.05. The quantitative estimate of drug-likeness (QED) is 0.740. The van der Waals surface area contributed by atoms with E-state index in [1.165, 1.54) is 0 Å². The van der Waals surface area contributed by atoms with Crippen molar-refractivity contribution in [2.24, 2.45) is 0 Å². The van der Waals surface area contributed by atoms with E-state index in [1.807, 2.05) is 0 Å². The van der Waals surface area contributed by atoms with Gasteiger partial charge in [-0.05, 0) is 31.5 Å². The zero-order chi connectivity index (χ0) is 10.7. The lowest BCUT2D eigenvalue weighted by Gasteiger charge is -2.01. The van der Waals surface area contributed by atoms with Gasteiger partial charge in [-0.2, -0.15) is 4.98 Å². The molecule has 2 heterocycles. The van der Waals surface area contributed by atoms with Crippen LogP contribution in [0, 0.1) is 0 Å². The van der Waals surface area contributed by atoms with E-state index in [9.17, 15) is 4.79 Å². The topological polar surface area (TPSA) is 77.2 Å². The van der Waals surface area contributed by atoms with Gasteiger partial charge in [0.2, 0.25) is 5.89 Å². The third-order valence-corrected chi connectivity index (χ3v) is 2.26. The lowest BCUT2D eigenvalue weighted by atomic mass is 10.2. The molecule has 0 aliphatic carbocycles. The largest absolute Gasteiger partial charge is 0.460 e. The number of esters is 1. The van der Waals surface area contributed by atoms with E-state index in [4.69, 9.17) is 9.26 Å². The van der Waals surface area contributed by atoms with E-state index in [1.54, 1.807) is 6.92 Å². The third-order valence-electron chi connectivity index (χ3n) is 2.26. The molecule has 0 aromatic carbocycles. The number of carbonyl (C=O) groups excluding carboxylic acids is 1. The summed E-state index contributed by atoms with van der Waals surface area (Å²) < 4.78 is 9.75. The third kappa shape index (κ3) is 2.15. The van der Waals surface area contributed by atoms with E-state index in [2.05, 4.69) is 15.5 Å². The van der Waals surface area contributed by atoms with Crippen molar-refractivity contribution in [3.05, 3.63) is 11.7 Å². The predicted molar refractivity (Wildman–Crippen MR) is 50.2 cm³/mol. The number of rotatable bonds is 3. The van der Waals surface area contributed by atoms with Gasteiger partial charge in [0.25, 0.3) is 5.82 Å². The average Bonchev–Trinajstić information content (AvgIpc) is 2.89. The SMILES string of the molecule is CCOC(=O)c1noc([C@H]2CCCN2)n1. The van der Waals surface area contributed by atoms with Crippen molar-refractivity contribution in [1.82, 2.24) is 15.5 Å². The van der Waals surface area contributed by atoms with Crippen molar-refractivity contribution in [2.75, 3.05) is 13.2 Å². The smallest absolute Gasteiger partial charge is 0.379 e. The number of hydrogen-bond acceptors (Lipinski definition) is 6. The maximum atomic E-state index is 11.2. The molecule has 0 amide bonds. The Morgan fingerprint density at radius 1 is 1.73 bits per heavy atom. The van der Waals surface area contributed by atoms with Crippen LogP contribution in [0.25, 0.3) is 0 Å². The van der Waals surface area contributed by atoms with Crippen LogP contribution in [0.3, 0.4) is 0 Å². The summed E-state index contributed by atoms with van der Waals surface area (Å²) in [4.78, 5) is 15.2. The van der Waals surface area contributed by atoms with Crippen molar-refractivity contribution in [3.63, 3.8) is 0 Å². The van der Waals surface area contributed by atoms with Crippen LogP contribution < -0.4 is 5.32 Å². The fourth-order valence-electron chi connectivity index (χ4n) is 1.55. The van der Waals surface area contributed by atoms with Gasteiger partial charge in [0.1, 0.15) is 0 Å². The van der Waals surface area contributed by atoms with E-state index in [0.29, 0.717) is 12.5 Å². The highest BCUT2D eigenvalue weighted by atomic mass is 16.5. The van der Waals surface area contributed by atoms with Gasteiger partial charge in [-0.1, -0.05) is 0 Å². The molecule has 1 aliphatic heterocycles. The normalized spacial score (nSPS) is 20.5. The summed E-state index contributed by atoms with van der Waals surface area (Å²) in [6, 6.07) is 0.0840. The number of hydrogen-bond donors (Lipinski definition) is 1. The molecule has 1 atom stereocenters. The monoisotopic (exact) mass is 211 g/mol. The molecule has 1 aromatic rings. The van der Waals surface area contributed by atoms with Crippen LogP contribution in [0.4, 0.5) is 0 Å². The van der Waals surface area contributed by atoms with Gasteiger partial charge < -0.3 is 14.6 Å². The second-order valence-corrected chi connectivity index (χ2v) is 3.33. The van der Waals surface area contributed by atoms with Crippen LogP contribution in [0.5, 0.6) is 0 Å². The van der Waals surface area contributed by atoms with Crippen LogP contribution in [0.2, 0.25) is 0 Å². The number of aromatic nitrogens is 2. The fourth-order valence-corrected chi connectivity index (χ4v) is 1.55. The molecule has 1 fully saturated rings. The molecule has 6 nitrogen and oxygen atoms in total. The van der Waals surface area contributed by atoms with Crippen molar-refractivity contribution in [1.29, 1.82) is 0 Å². The van der Waals surface area contributed by atoms with Crippen molar-refractivity contribution in [3.8, 4) is 0 Å². The molecule has 0 saturated carbocycles. The fraction of sp³-hybridized carbons (Fsp3) is 0.667. The molecular weight excluding hydrogens is 198 g/mol. The van der Waals surface area contributed by atoms with E-state index in [0.717, 1.165) is 19.4 Å². The van der Waals surface area contributed by atoms with Gasteiger partial charge in [0, 0.05) is 0 Å². The molecule has 2 rings (SSSR count). The summed E-state index contributed by atoms with van der Waals surface area (Å²) in [6.07, 6.45) is 2.05. The molecule has 1 N–H and O–H groups in total. The molecular formula is C9H13N3O3. The Morgan fingerprint density at radius 3 is 3.27 bits per heavy atom. The zero-order valence-electron chi connectivity index (χ0n) is 8.52. The Kier molecular flexibility index (Phi) is 2.96. The molecule has 0 bridgehead atoms. The summed E-state index contributed by atoms with van der Waals surface area (Å²) in [6.45, 7) is 2.99. The number of nitrogens with one attached hydrogen (secondary N) is 1. The molecule has 0 radical (unpaired) electrons. The van der Waals surface area contributed by atoms with Gasteiger partial charge >= 0.3 is 5.97 Å². The average molecular weight is 211 g/mol. The second-order valence-electron chi connectivity index (χ2n) is 3.33. The summed E-state index contributed by atoms with van der Waals surface area (Å²) in [5.74, 6) is -0.0680. The van der Waals surface area contributed by atoms with Gasteiger partial charge in [-0.25, -0.2) is 4.79 Å². The van der Waals surface area contributed by atoms with Crippen molar-refractivity contribution < 1.29 is 14.1 Å². The number of nitrogens with zero attached hydrogens (tertiary/aromatic N) is 2. The highest BCUT2D eigenvalue weighted by Gasteiger charge is 2.24. The minimum Gasteiger partial charge on any atom is -0.460 e. The van der Waals surface area contributed by atoms with E-state index < -0.39 is 5.97 Å².